The fourth-order valence-corrected chi connectivity index (χ4v) is 12.8. The second-order valence-corrected chi connectivity index (χ2v) is 22.4. The summed E-state index contributed by atoms with van der Waals surface area (Å²) < 4.78 is 52.1. The normalized spacial score (nSPS) is 16.3. The van der Waals surface area contributed by atoms with Crippen LogP contribution in [0.4, 0.5) is 0 Å². The first-order chi connectivity index (χ1) is 37.5. The number of nitrogens with zero attached hydrogens (tertiary/aromatic N) is 6. The van der Waals surface area contributed by atoms with Crippen LogP contribution < -0.4 is 26.1 Å². The number of carboxylic acids is 1. The predicted molar refractivity (Wildman–Crippen MR) is 290 cm³/mol. The van der Waals surface area contributed by atoms with E-state index in [4.69, 9.17) is 53.2 Å². The zero-order valence-corrected chi connectivity index (χ0v) is 46.0. The van der Waals surface area contributed by atoms with Gasteiger partial charge in [-0.25, -0.2) is 9.97 Å². The largest absolute Gasteiger partial charge is 0.496 e. The number of nitrogens with two attached hydrogens (primary N) is 1. The second kappa shape index (κ2) is 22.3. The number of carbonyl (C=O) groups is 2. The van der Waals surface area contributed by atoms with Gasteiger partial charge in [0.05, 0.1) is 77.9 Å². The molecule has 2 aliphatic heterocycles. The Morgan fingerprint density at radius 1 is 0.731 bits per heavy atom. The van der Waals surface area contributed by atoms with Gasteiger partial charge in [0.2, 0.25) is 28.5 Å². The number of aliphatic carboxylic acids is 1. The van der Waals surface area contributed by atoms with Gasteiger partial charge in [-0.3, -0.25) is 28.5 Å². The number of primary amides is 1. The summed E-state index contributed by atoms with van der Waals surface area (Å²) in [5, 5.41) is 21.0. The highest BCUT2D eigenvalue weighted by Gasteiger charge is 2.41. The number of aromatic nitrogens is 6. The number of ether oxygens (including phenoxy) is 6. The fraction of sp³-hybridized carbons (Fsp3) is 0.429. The zero-order chi connectivity index (χ0) is 55.0. The van der Waals surface area contributed by atoms with Gasteiger partial charge >= 0.3 is 5.97 Å². The Morgan fingerprint density at radius 2 is 1.22 bits per heavy atom. The summed E-state index contributed by atoms with van der Waals surface area (Å²) >= 11 is 2.56. The molecule has 0 bridgehead atoms. The first-order valence-electron chi connectivity index (χ1n) is 25.7. The van der Waals surface area contributed by atoms with E-state index in [1.807, 2.05) is 43.3 Å². The summed E-state index contributed by atoms with van der Waals surface area (Å²) in [6.45, 7) is 10.3. The van der Waals surface area contributed by atoms with Crippen molar-refractivity contribution in [3.05, 3.63) is 127 Å². The summed E-state index contributed by atoms with van der Waals surface area (Å²) in [4.78, 5) is 67.6. The van der Waals surface area contributed by atoms with E-state index in [0.717, 1.165) is 5.56 Å². The molecule has 20 nitrogen and oxygen atoms in total. The second-order valence-electron chi connectivity index (χ2n) is 20.4. The van der Waals surface area contributed by atoms with Crippen LogP contribution in [0, 0.1) is 13.8 Å². The number of hydrogen-bond acceptors (Lipinski definition) is 18. The standard InChI is InChI=1S/C56H61N7O13S2/c1-30-41-43(64)47(55(3,4)54(67)68)60-62(51(41)77-45(30)49-58-18-24-73-49)29-40(76-34-16-22-72-23-17-34)36-13-12-32(26-38(36)70-7)27-56(5,53(57)66)48-44(65)42-31(2)46(50-59-19-25-74-50)78-52(42)63(61-48)28-39(75-33-14-20-71-21-15-33)35-10-8-9-11-37(35)69-6/h8-13,18-19,24-26,33-34,39-40H,14-17,20-23,27-29H2,1-7H3,(H2,57,66)(H,67,68). The number of amides is 1. The Kier molecular flexibility index (Phi) is 15.5. The summed E-state index contributed by atoms with van der Waals surface area (Å²) in [5.74, 6) is -0.369. The van der Waals surface area contributed by atoms with Crippen molar-refractivity contribution in [3.8, 4) is 33.0 Å². The van der Waals surface area contributed by atoms with Crippen LogP contribution in [-0.4, -0.2) is 99.4 Å². The molecule has 2 aromatic carbocycles. The minimum atomic E-state index is -1.70. The van der Waals surface area contributed by atoms with E-state index in [2.05, 4.69) is 9.97 Å². The van der Waals surface area contributed by atoms with Crippen LogP contribution in [-0.2, 0) is 58.9 Å². The number of carboxylic acid groups (broad SMARTS) is 1. The van der Waals surface area contributed by atoms with Gasteiger partial charge in [-0.05, 0) is 95.5 Å². The quantitative estimate of drug-likeness (QED) is 0.0726. The molecule has 0 spiro atoms. The molecule has 410 valence electrons. The van der Waals surface area contributed by atoms with E-state index >= 15 is 4.79 Å². The highest BCUT2D eigenvalue weighted by molar-refractivity contribution is 7.22. The van der Waals surface area contributed by atoms with Crippen molar-refractivity contribution in [1.29, 1.82) is 0 Å². The summed E-state index contributed by atoms with van der Waals surface area (Å²) in [6, 6.07) is 13.1. The third-order valence-corrected chi connectivity index (χ3v) is 17.5. The molecule has 1 amide bonds. The van der Waals surface area contributed by atoms with Gasteiger partial charge in [0.1, 0.15) is 62.7 Å². The molecule has 3 atom stereocenters. The van der Waals surface area contributed by atoms with E-state index in [0.29, 0.717) is 128 Å². The van der Waals surface area contributed by atoms with Crippen molar-refractivity contribution in [1.82, 2.24) is 29.5 Å². The molecule has 0 radical (unpaired) electrons. The Balaban J connectivity index is 1.08. The average Bonchev–Trinajstić information content (AvgIpc) is 4.38. The molecule has 2 fully saturated rings. The number of aryl methyl sites for hydroxylation is 2. The molecule has 2 saturated heterocycles. The summed E-state index contributed by atoms with van der Waals surface area (Å²) in [5.41, 5.74) is 5.02. The van der Waals surface area contributed by atoms with Crippen molar-refractivity contribution in [3.63, 3.8) is 0 Å². The fourth-order valence-electron chi connectivity index (χ4n) is 10.3. The highest BCUT2D eigenvalue weighted by Crippen LogP contribution is 2.42. The Hall–Kier alpha value is -7.08. The number of benzene rings is 2. The number of oxazole rings is 2. The van der Waals surface area contributed by atoms with Crippen molar-refractivity contribution in [2.75, 3.05) is 40.6 Å². The molecular formula is C56H61N7O13S2. The van der Waals surface area contributed by atoms with Crippen LogP contribution in [0.3, 0.4) is 0 Å². The maximum atomic E-state index is 15.2. The topological polar surface area (TPSA) is 258 Å². The molecule has 10 rings (SSSR count). The first kappa shape index (κ1) is 54.3. The van der Waals surface area contributed by atoms with Gasteiger partial charge in [0.15, 0.2) is 0 Å². The van der Waals surface area contributed by atoms with E-state index < -0.39 is 45.8 Å². The summed E-state index contributed by atoms with van der Waals surface area (Å²) in [7, 11) is 3.13. The smallest absolute Gasteiger partial charge is 0.315 e. The summed E-state index contributed by atoms with van der Waals surface area (Å²) in [6.07, 6.45) is 6.66. The van der Waals surface area contributed by atoms with Crippen LogP contribution in [0.2, 0.25) is 0 Å². The molecule has 8 heterocycles. The predicted octanol–water partition coefficient (Wildman–Crippen LogP) is 8.40. The van der Waals surface area contributed by atoms with Crippen molar-refractivity contribution < 1.29 is 52.0 Å². The molecule has 3 N–H and O–H groups in total. The maximum Gasteiger partial charge on any atom is 0.315 e. The van der Waals surface area contributed by atoms with Crippen LogP contribution in [0.5, 0.6) is 11.5 Å². The molecule has 8 aromatic rings. The lowest BCUT2D eigenvalue weighted by Gasteiger charge is -2.31. The van der Waals surface area contributed by atoms with Crippen LogP contribution in [0.25, 0.3) is 42.0 Å². The zero-order valence-electron chi connectivity index (χ0n) is 44.4. The number of hydrogen-bond donors (Lipinski definition) is 2. The van der Waals surface area contributed by atoms with E-state index in [9.17, 15) is 19.5 Å². The third kappa shape index (κ3) is 10.3. The molecule has 6 aromatic heterocycles. The van der Waals surface area contributed by atoms with Crippen molar-refractivity contribution in [2.45, 2.75) is 115 Å². The third-order valence-electron chi connectivity index (χ3n) is 14.9. The molecular weight excluding hydrogens is 1040 g/mol. The molecule has 0 saturated carbocycles. The van der Waals surface area contributed by atoms with Crippen LogP contribution >= 0.6 is 22.7 Å². The number of para-hydroxylation sites is 1. The van der Waals surface area contributed by atoms with Gasteiger partial charge < -0.3 is 48.1 Å². The number of fused-ring (bicyclic) bond motifs is 2. The molecule has 78 heavy (non-hydrogen) atoms. The number of rotatable bonds is 20. The van der Waals surface area contributed by atoms with Crippen molar-refractivity contribution in [2.24, 2.45) is 5.73 Å². The lowest BCUT2D eigenvalue weighted by molar-refractivity contribution is -0.142. The van der Waals surface area contributed by atoms with Gasteiger partial charge in [0.25, 0.3) is 0 Å². The Labute approximate surface area is 456 Å². The lowest BCUT2D eigenvalue weighted by atomic mass is 9.79. The van der Waals surface area contributed by atoms with Crippen molar-refractivity contribution >= 4 is 55.0 Å². The lowest BCUT2D eigenvalue weighted by Crippen LogP contribution is -2.45. The highest BCUT2D eigenvalue weighted by atomic mass is 32.1. The van der Waals surface area contributed by atoms with Crippen LogP contribution in [0.1, 0.15) is 97.9 Å². The van der Waals surface area contributed by atoms with Crippen LogP contribution in [0.15, 0.2) is 85.8 Å². The number of thiophene rings is 2. The molecule has 2 aliphatic rings. The molecule has 22 heteroatoms. The average molecular weight is 1100 g/mol. The van der Waals surface area contributed by atoms with Gasteiger partial charge in [-0.1, -0.05) is 30.3 Å². The maximum absolute atomic E-state index is 15.2. The van der Waals surface area contributed by atoms with E-state index in [-0.39, 0.29) is 43.1 Å². The Bertz CT molecular complexity index is 3610. The minimum absolute atomic E-state index is 0.0175. The Morgan fingerprint density at radius 3 is 1.69 bits per heavy atom. The number of methoxy groups -OCH3 is 2. The van der Waals surface area contributed by atoms with E-state index in [1.54, 1.807) is 36.4 Å². The SMILES string of the molecule is COc1cc(CC(C)(C(N)=O)c2nn(CC(OC3CCOCC3)c3ccccc3OC)c3sc(-c4ncco4)c(C)c3c2=O)ccc1C(Cn1nc(C(C)(C)C(=O)O)c(=O)c2c(C)c(-c3ncco3)sc21)OC1CCOCC1. The first-order valence-corrected chi connectivity index (χ1v) is 27.3. The molecule has 0 aliphatic carbocycles. The number of carbonyl (C=O) groups excluding carboxylic acids is 1. The minimum Gasteiger partial charge on any atom is -0.496 e. The van der Waals surface area contributed by atoms with Gasteiger partial charge in [0, 0.05) is 37.6 Å². The monoisotopic (exact) mass is 1100 g/mol. The van der Waals surface area contributed by atoms with Gasteiger partial charge in [-0.15, -0.1) is 22.7 Å². The molecule has 3 unspecified atom stereocenters. The van der Waals surface area contributed by atoms with E-state index in [1.165, 1.54) is 68.6 Å². The van der Waals surface area contributed by atoms with Gasteiger partial charge in [-0.2, -0.15) is 10.2 Å².